The van der Waals surface area contributed by atoms with Crippen molar-refractivity contribution in [1.82, 2.24) is 0 Å². The first-order chi connectivity index (χ1) is 5.08. The zero-order chi connectivity index (χ0) is 9.28. The van der Waals surface area contributed by atoms with Crippen LogP contribution in [0, 0.1) is 0 Å². The van der Waals surface area contributed by atoms with Crippen LogP contribution in [0.3, 0.4) is 0 Å². The summed E-state index contributed by atoms with van der Waals surface area (Å²) in [4.78, 5) is 9.26. The van der Waals surface area contributed by atoms with Gasteiger partial charge in [0.25, 0.3) is 0 Å². The van der Waals surface area contributed by atoms with Crippen LogP contribution in [0.1, 0.15) is 13.3 Å². The van der Waals surface area contributed by atoms with Crippen molar-refractivity contribution >= 4 is 15.3 Å². The third-order valence-corrected chi connectivity index (χ3v) is 2.28. The number of carbonyl (C=O) groups excluding carboxylic acids is 1. The molecule has 0 aliphatic carbocycles. The van der Waals surface area contributed by atoms with Gasteiger partial charge in [-0.25, -0.2) is 0 Å². The van der Waals surface area contributed by atoms with Crippen molar-refractivity contribution in [2.24, 2.45) is 0 Å². The van der Waals surface area contributed by atoms with Crippen molar-refractivity contribution in [3.63, 3.8) is 0 Å². The molecule has 0 rings (SSSR count). The molecule has 12 heavy (non-hydrogen) atoms. The maximum absolute atomic E-state index is 9.26. The van der Waals surface area contributed by atoms with E-state index in [-0.39, 0.29) is 36.0 Å². The van der Waals surface area contributed by atoms with Crippen LogP contribution in [0.4, 0.5) is 0 Å². The Morgan fingerprint density at radius 2 is 1.67 bits per heavy atom. The molecule has 6 heteroatoms. The number of carboxylic acids is 1. The maximum Gasteiger partial charge on any atom is 1.00 e. The summed E-state index contributed by atoms with van der Waals surface area (Å²) in [6, 6.07) is 0. The predicted molar refractivity (Wildman–Crippen MR) is 42.3 cm³/mol. The molecule has 68 valence electrons. The predicted octanol–water partition coefficient (Wildman–Crippen LogP) is -3.72. The van der Waals surface area contributed by atoms with Gasteiger partial charge in [0.05, 0.1) is 0 Å². The Labute approximate surface area is 97.4 Å². The molecular formula is C6H15NaO4Si. The quantitative estimate of drug-likeness (QED) is 0.442. The van der Waals surface area contributed by atoms with E-state index < -0.39 is 15.3 Å². The molecule has 0 heterocycles. The van der Waals surface area contributed by atoms with Crippen LogP contribution in [0.25, 0.3) is 0 Å². The van der Waals surface area contributed by atoms with Crippen LogP contribution in [0.2, 0.25) is 6.55 Å². The first-order valence-corrected chi connectivity index (χ1v) is 5.43. The number of carbonyl (C=O) groups is 1. The van der Waals surface area contributed by atoms with Crippen LogP contribution in [-0.4, -0.2) is 29.5 Å². The summed E-state index contributed by atoms with van der Waals surface area (Å²) < 4.78 is 9.63. The van der Waals surface area contributed by atoms with Crippen molar-refractivity contribution in [3.8, 4) is 0 Å². The minimum atomic E-state index is -1.16. The Balaban J connectivity index is -0.000000126. The van der Waals surface area contributed by atoms with Gasteiger partial charge >= 0.3 is 38.8 Å². The number of aliphatic carboxylic acids is 1. The Hall–Kier alpha value is 0.607. The molecule has 0 bridgehead atoms. The summed E-state index contributed by atoms with van der Waals surface area (Å²) in [5.41, 5.74) is 0. The van der Waals surface area contributed by atoms with Crippen molar-refractivity contribution in [3.05, 3.63) is 0 Å². The second-order valence-corrected chi connectivity index (χ2v) is 3.84. The van der Waals surface area contributed by atoms with E-state index in [0.717, 1.165) is 0 Å². The van der Waals surface area contributed by atoms with Crippen molar-refractivity contribution in [2.45, 2.75) is 19.9 Å². The molecular weight excluding hydrogens is 187 g/mol. The van der Waals surface area contributed by atoms with E-state index in [1.807, 2.05) is 6.55 Å². The summed E-state index contributed by atoms with van der Waals surface area (Å²) in [6.07, 6.45) is 0.111. The van der Waals surface area contributed by atoms with Crippen LogP contribution in [-0.2, 0) is 13.6 Å². The number of hydrogen-bond acceptors (Lipinski definition) is 4. The smallest absolute Gasteiger partial charge is 0.550 e. The molecule has 0 aromatic rings. The van der Waals surface area contributed by atoms with Gasteiger partial charge in [-0.05, 0) is 13.0 Å². The SMILES string of the molecule is CCC(=O)[O-].CO[SiH](C)OC.[Na+]. The normalized spacial score (nSPS) is 8.08. The van der Waals surface area contributed by atoms with Gasteiger partial charge in [0.1, 0.15) is 0 Å². The van der Waals surface area contributed by atoms with Crippen LogP contribution in [0.15, 0.2) is 0 Å². The summed E-state index contributed by atoms with van der Waals surface area (Å²) in [5, 5.41) is 9.26. The molecule has 0 amide bonds. The third-order valence-electron chi connectivity index (χ3n) is 0.953. The summed E-state index contributed by atoms with van der Waals surface area (Å²) >= 11 is 0. The molecule has 0 aromatic carbocycles. The first kappa shape index (κ1) is 18.4. The largest absolute Gasteiger partial charge is 1.00 e. The number of rotatable bonds is 3. The van der Waals surface area contributed by atoms with Gasteiger partial charge < -0.3 is 18.8 Å². The molecule has 4 nitrogen and oxygen atoms in total. The van der Waals surface area contributed by atoms with Gasteiger partial charge in [0.2, 0.25) is 0 Å². The van der Waals surface area contributed by atoms with Crippen LogP contribution in [0.5, 0.6) is 0 Å². The van der Waals surface area contributed by atoms with Gasteiger partial charge in [-0.2, -0.15) is 0 Å². The fourth-order valence-corrected chi connectivity index (χ4v) is 0.289. The Bertz CT molecular complexity index is 97.5. The summed E-state index contributed by atoms with van der Waals surface area (Å²) in [6.45, 7) is 3.51. The molecule has 0 aliphatic rings. The van der Waals surface area contributed by atoms with E-state index >= 15 is 0 Å². The van der Waals surface area contributed by atoms with Crippen molar-refractivity contribution in [2.75, 3.05) is 14.2 Å². The Kier molecular flexibility index (Phi) is 21.7. The molecule has 0 N–H and O–H groups in total. The van der Waals surface area contributed by atoms with Gasteiger partial charge in [0, 0.05) is 20.2 Å². The Morgan fingerprint density at radius 3 is 1.67 bits per heavy atom. The average molecular weight is 202 g/mol. The average Bonchev–Trinajstić information content (AvgIpc) is 2.04. The summed E-state index contributed by atoms with van der Waals surface area (Å²) in [7, 11) is 2.17. The van der Waals surface area contributed by atoms with E-state index in [1.54, 1.807) is 14.2 Å². The molecule has 0 aromatic heterocycles. The molecule has 0 atom stereocenters. The molecule has 0 radical (unpaired) electrons. The van der Waals surface area contributed by atoms with E-state index in [0.29, 0.717) is 0 Å². The molecule has 0 spiro atoms. The van der Waals surface area contributed by atoms with Gasteiger partial charge in [-0.15, -0.1) is 0 Å². The maximum atomic E-state index is 9.26. The van der Waals surface area contributed by atoms with Gasteiger partial charge in [-0.3, -0.25) is 0 Å². The zero-order valence-electron chi connectivity index (χ0n) is 8.42. The first-order valence-electron chi connectivity index (χ1n) is 3.33. The minimum Gasteiger partial charge on any atom is -0.550 e. The fraction of sp³-hybridized carbons (Fsp3) is 0.833. The topological polar surface area (TPSA) is 58.6 Å². The van der Waals surface area contributed by atoms with Crippen LogP contribution < -0.4 is 34.7 Å². The van der Waals surface area contributed by atoms with E-state index in [4.69, 9.17) is 8.85 Å². The standard InChI is InChI=1S/C3H10O2Si.C3H6O2.Na/c1-4-6(3)5-2;1-2-3(4)5;/h6H,1-3H3;2H2,1H3,(H,4,5);/q;;+1/p-1. The number of carboxylic acid groups (broad SMARTS) is 1. The Morgan fingerprint density at radius 1 is 1.42 bits per heavy atom. The van der Waals surface area contributed by atoms with Gasteiger partial charge in [-0.1, -0.05) is 6.92 Å². The summed E-state index contributed by atoms with van der Waals surface area (Å²) in [5.74, 6) is -0.995. The van der Waals surface area contributed by atoms with E-state index in [1.165, 1.54) is 6.92 Å². The number of hydrogen-bond donors (Lipinski definition) is 0. The zero-order valence-corrected chi connectivity index (χ0v) is 11.6. The molecule has 0 fully saturated rings. The monoisotopic (exact) mass is 202 g/mol. The van der Waals surface area contributed by atoms with E-state index in [2.05, 4.69) is 0 Å². The molecule has 0 unspecified atom stereocenters. The molecule has 0 saturated carbocycles. The van der Waals surface area contributed by atoms with Gasteiger partial charge in [0.15, 0.2) is 0 Å². The molecule has 0 saturated heterocycles. The van der Waals surface area contributed by atoms with Crippen LogP contribution >= 0.6 is 0 Å². The minimum absolute atomic E-state index is 0. The second-order valence-electron chi connectivity index (χ2n) is 1.76. The molecule has 0 aliphatic heterocycles. The van der Waals surface area contributed by atoms with Crippen molar-refractivity contribution < 1.29 is 48.3 Å². The second kappa shape index (κ2) is 14.1. The van der Waals surface area contributed by atoms with E-state index in [9.17, 15) is 9.90 Å². The van der Waals surface area contributed by atoms with Crippen molar-refractivity contribution in [1.29, 1.82) is 0 Å². The third kappa shape index (κ3) is 22.4. The fourth-order valence-electron chi connectivity index (χ4n) is 0.0962.